The zero-order chi connectivity index (χ0) is 22.9. The molecule has 0 aliphatic heterocycles. The van der Waals surface area contributed by atoms with Gasteiger partial charge in [-0.25, -0.2) is 4.98 Å². The van der Waals surface area contributed by atoms with Crippen LogP contribution in [0.1, 0.15) is 48.5 Å². The number of aliphatic carboxylic acids is 1. The van der Waals surface area contributed by atoms with E-state index in [0.29, 0.717) is 23.7 Å². The summed E-state index contributed by atoms with van der Waals surface area (Å²) in [6.07, 6.45) is -3.38. The molecule has 0 spiro atoms. The Labute approximate surface area is 181 Å². The van der Waals surface area contributed by atoms with Gasteiger partial charge in [0.05, 0.1) is 40.0 Å². The highest BCUT2D eigenvalue weighted by molar-refractivity contribution is 6.31. The Morgan fingerprint density at radius 1 is 1.29 bits per heavy atom. The summed E-state index contributed by atoms with van der Waals surface area (Å²) >= 11 is 6.15. The van der Waals surface area contributed by atoms with Crippen molar-refractivity contribution < 1.29 is 27.8 Å². The zero-order valence-electron chi connectivity index (χ0n) is 17.1. The number of aromatic nitrogens is 3. The van der Waals surface area contributed by atoms with Gasteiger partial charge in [0.15, 0.2) is 0 Å². The molecule has 1 N–H and O–H groups in total. The summed E-state index contributed by atoms with van der Waals surface area (Å²) < 4.78 is 46.4. The fraction of sp³-hybridized carbons (Fsp3) is 0.381. The van der Waals surface area contributed by atoms with Gasteiger partial charge in [-0.05, 0) is 44.9 Å². The lowest BCUT2D eigenvalue weighted by atomic mass is 10.1. The third-order valence-corrected chi connectivity index (χ3v) is 5.22. The lowest BCUT2D eigenvalue weighted by Crippen LogP contribution is -2.13. The SMILES string of the molecule is Cc1cc(OCCCC(=O)O)cc2c1nc(C)n2C(C)c1ncc(C(F)(F)F)cc1Cl. The molecule has 6 nitrogen and oxygen atoms in total. The van der Waals surface area contributed by atoms with Crippen molar-refractivity contribution in [3.05, 3.63) is 52.1 Å². The Hall–Kier alpha value is -2.81. The predicted octanol–water partition coefficient (Wildman–Crippen LogP) is 5.57. The molecule has 3 rings (SSSR count). The normalized spacial score (nSPS) is 12.9. The number of hydrogen-bond acceptors (Lipinski definition) is 4. The fourth-order valence-electron chi connectivity index (χ4n) is 3.47. The Bertz CT molecular complexity index is 1130. The number of carboxylic acids is 1. The predicted molar refractivity (Wildman–Crippen MR) is 110 cm³/mol. The number of rotatable bonds is 7. The second-order valence-electron chi connectivity index (χ2n) is 7.25. The second kappa shape index (κ2) is 8.74. The van der Waals surface area contributed by atoms with E-state index in [2.05, 4.69) is 9.97 Å². The number of ether oxygens (including phenoxy) is 1. The molecule has 2 aromatic heterocycles. The molecule has 2 heterocycles. The molecule has 31 heavy (non-hydrogen) atoms. The van der Waals surface area contributed by atoms with E-state index in [1.165, 1.54) is 0 Å². The number of carbonyl (C=O) groups is 1. The molecule has 0 aliphatic carbocycles. The van der Waals surface area contributed by atoms with Gasteiger partial charge in [-0.3, -0.25) is 9.78 Å². The standard InChI is InChI=1S/C21H21ClF3N3O3/c1-11-7-15(31-6-4-5-18(29)30)9-17-19(11)27-13(3)28(17)12(2)20-16(22)8-14(10-26-20)21(23,24)25/h7-10,12H,4-6H2,1-3H3,(H,29,30). The highest BCUT2D eigenvalue weighted by Crippen LogP contribution is 2.35. The van der Waals surface area contributed by atoms with Gasteiger partial charge in [0.2, 0.25) is 0 Å². The van der Waals surface area contributed by atoms with Gasteiger partial charge in [0, 0.05) is 18.7 Å². The molecule has 0 aliphatic rings. The molecule has 166 valence electrons. The number of carboxylic acid groups (broad SMARTS) is 1. The van der Waals surface area contributed by atoms with Gasteiger partial charge in [0.1, 0.15) is 11.6 Å². The maximum absolute atomic E-state index is 12.9. The van der Waals surface area contributed by atoms with Gasteiger partial charge in [-0.15, -0.1) is 0 Å². The molecule has 0 radical (unpaired) electrons. The van der Waals surface area contributed by atoms with E-state index in [9.17, 15) is 18.0 Å². The monoisotopic (exact) mass is 455 g/mol. The van der Waals surface area contributed by atoms with E-state index in [0.717, 1.165) is 28.9 Å². The van der Waals surface area contributed by atoms with Crippen molar-refractivity contribution in [2.45, 2.75) is 45.8 Å². The number of imidazole rings is 1. The van der Waals surface area contributed by atoms with E-state index >= 15 is 0 Å². The van der Waals surface area contributed by atoms with Crippen molar-refractivity contribution >= 4 is 28.6 Å². The number of hydrogen-bond donors (Lipinski definition) is 1. The first kappa shape index (κ1) is 22.9. The molecule has 0 bridgehead atoms. The number of nitrogens with zero attached hydrogens (tertiary/aromatic N) is 3. The molecule has 0 amide bonds. The minimum atomic E-state index is -4.53. The minimum Gasteiger partial charge on any atom is -0.493 e. The zero-order valence-corrected chi connectivity index (χ0v) is 17.9. The smallest absolute Gasteiger partial charge is 0.417 e. The number of fused-ring (bicyclic) bond motifs is 1. The maximum Gasteiger partial charge on any atom is 0.417 e. The number of benzene rings is 1. The van der Waals surface area contributed by atoms with Gasteiger partial charge in [0.25, 0.3) is 0 Å². The van der Waals surface area contributed by atoms with Crippen LogP contribution in [-0.2, 0) is 11.0 Å². The molecule has 1 unspecified atom stereocenters. The van der Waals surface area contributed by atoms with E-state index in [1.54, 1.807) is 19.9 Å². The van der Waals surface area contributed by atoms with Gasteiger partial charge >= 0.3 is 12.1 Å². The maximum atomic E-state index is 12.9. The average molecular weight is 456 g/mol. The topological polar surface area (TPSA) is 77.2 Å². The van der Waals surface area contributed by atoms with Crippen LogP contribution < -0.4 is 4.74 Å². The number of halogens is 4. The Morgan fingerprint density at radius 2 is 2.00 bits per heavy atom. The molecule has 0 fully saturated rings. The Balaban J connectivity index is 1.97. The number of aryl methyl sites for hydroxylation is 2. The molecular weight excluding hydrogens is 435 g/mol. The van der Waals surface area contributed by atoms with Crippen molar-refractivity contribution in [3.8, 4) is 5.75 Å². The average Bonchev–Trinajstić information content (AvgIpc) is 3.00. The third kappa shape index (κ3) is 4.92. The molecule has 1 atom stereocenters. The summed E-state index contributed by atoms with van der Waals surface area (Å²) in [6.45, 7) is 5.69. The van der Waals surface area contributed by atoms with E-state index in [1.807, 2.05) is 17.6 Å². The van der Waals surface area contributed by atoms with E-state index in [-0.39, 0.29) is 18.1 Å². The van der Waals surface area contributed by atoms with Crippen molar-refractivity contribution in [1.82, 2.24) is 14.5 Å². The molecule has 0 saturated heterocycles. The van der Waals surface area contributed by atoms with Crippen LogP contribution >= 0.6 is 11.6 Å². The molecular formula is C21H21ClF3N3O3. The van der Waals surface area contributed by atoms with Crippen LogP contribution in [0.15, 0.2) is 24.4 Å². The largest absolute Gasteiger partial charge is 0.493 e. The fourth-order valence-corrected chi connectivity index (χ4v) is 3.79. The summed E-state index contributed by atoms with van der Waals surface area (Å²) in [5, 5.41) is 8.66. The quantitative estimate of drug-likeness (QED) is 0.471. The van der Waals surface area contributed by atoms with Crippen molar-refractivity contribution in [3.63, 3.8) is 0 Å². The molecule has 0 saturated carbocycles. The molecule has 3 aromatic rings. The molecule has 1 aromatic carbocycles. The van der Waals surface area contributed by atoms with Crippen molar-refractivity contribution in [1.29, 1.82) is 0 Å². The minimum absolute atomic E-state index is 0.00733. The Morgan fingerprint density at radius 3 is 2.61 bits per heavy atom. The van der Waals surface area contributed by atoms with Gasteiger partial charge in [-0.1, -0.05) is 11.6 Å². The summed E-state index contributed by atoms with van der Waals surface area (Å²) in [4.78, 5) is 19.2. The van der Waals surface area contributed by atoms with Crippen molar-refractivity contribution in [2.24, 2.45) is 0 Å². The van der Waals surface area contributed by atoms with Crippen LogP contribution in [0.25, 0.3) is 11.0 Å². The van der Waals surface area contributed by atoms with Gasteiger partial charge < -0.3 is 14.4 Å². The third-order valence-electron chi connectivity index (χ3n) is 4.92. The summed E-state index contributed by atoms with van der Waals surface area (Å²) in [7, 11) is 0. The van der Waals surface area contributed by atoms with Crippen LogP contribution in [0.2, 0.25) is 5.02 Å². The number of pyridine rings is 1. The number of alkyl halides is 3. The highest BCUT2D eigenvalue weighted by Gasteiger charge is 2.32. The lowest BCUT2D eigenvalue weighted by molar-refractivity contribution is -0.138. The van der Waals surface area contributed by atoms with Crippen LogP contribution in [-0.4, -0.2) is 32.2 Å². The van der Waals surface area contributed by atoms with Crippen LogP contribution in [0.4, 0.5) is 13.2 Å². The van der Waals surface area contributed by atoms with E-state index in [4.69, 9.17) is 21.4 Å². The summed E-state index contributed by atoms with van der Waals surface area (Å²) in [5.74, 6) is 0.306. The molecule has 10 heteroatoms. The van der Waals surface area contributed by atoms with E-state index < -0.39 is 23.8 Å². The Kier molecular flexibility index (Phi) is 6.45. The first-order valence-electron chi connectivity index (χ1n) is 9.55. The lowest BCUT2D eigenvalue weighted by Gasteiger charge is -2.19. The van der Waals surface area contributed by atoms with Crippen LogP contribution in [0, 0.1) is 13.8 Å². The van der Waals surface area contributed by atoms with Crippen LogP contribution in [0.5, 0.6) is 5.75 Å². The first-order chi connectivity index (χ1) is 14.5. The summed E-state index contributed by atoms with van der Waals surface area (Å²) in [5.41, 5.74) is 1.68. The summed E-state index contributed by atoms with van der Waals surface area (Å²) in [6, 6.07) is 3.98. The highest BCUT2D eigenvalue weighted by atomic mass is 35.5. The second-order valence-corrected chi connectivity index (χ2v) is 7.65. The van der Waals surface area contributed by atoms with Gasteiger partial charge in [-0.2, -0.15) is 13.2 Å². The van der Waals surface area contributed by atoms with Crippen LogP contribution in [0.3, 0.4) is 0 Å². The van der Waals surface area contributed by atoms with Crippen molar-refractivity contribution in [2.75, 3.05) is 6.61 Å². The first-order valence-corrected chi connectivity index (χ1v) is 9.93.